The zero-order chi connectivity index (χ0) is 22.6. The largest absolute Gasteiger partial charge is 0.308 e. The molecule has 2 nitrogen and oxygen atoms in total. The number of benzene rings is 5. The molecule has 2 heterocycles. The van der Waals surface area contributed by atoms with Gasteiger partial charge in [-0.15, -0.1) is 0 Å². The summed E-state index contributed by atoms with van der Waals surface area (Å²) in [6.45, 7) is 0. The van der Waals surface area contributed by atoms with Gasteiger partial charge >= 0.3 is 0 Å². The van der Waals surface area contributed by atoms with Crippen molar-refractivity contribution in [1.82, 2.24) is 4.98 Å². The topological polar surface area (TPSA) is 16.1 Å². The maximum atomic E-state index is 5.22. The summed E-state index contributed by atoms with van der Waals surface area (Å²) >= 11 is 3.82. The summed E-state index contributed by atoms with van der Waals surface area (Å²) in [6, 6.07) is 40.7. The molecule has 0 atom stereocenters. The fourth-order valence-electron chi connectivity index (χ4n) is 5.15. The molecule has 5 aromatic carbocycles. The van der Waals surface area contributed by atoms with E-state index >= 15 is 0 Å². The summed E-state index contributed by atoms with van der Waals surface area (Å²) in [7, 11) is 0. The van der Waals surface area contributed by atoms with E-state index in [1.165, 1.54) is 21.5 Å². The van der Waals surface area contributed by atoms with Crippen molar-refractivity contribution in [2.24, 2.45) is 0 Å². The van der Waals surface area contributed by atoms with E-state index in [9.17, 15) is 0 Å². The van der Waals surface area contributed by atoms with Crippen LogP contribution in [0.4, 0.5) is 17.1 Å². The maximum Gasteiger partial charge on any atom is 0.0830 e. The highest BCUT2D eigenvalue weighted by Gasteiger charge is 2.28. The predicted molar refractivity (Wildman–Crippen MR) is 146 cm³/mol. The first kappa shape index (κ1) is 19.5. The van der Waals surface area contributed by atoms with Gasteiger partial charge < -0.3 is 4.90 Å². The second kappa shape index (κ2) is 7.54. The molecule has 160 valence electrons. The zero-order valence-corrected chi connectivity index (χ0v) is 19.8. The van der Waals surface area contributed by atoms with Crippen LogP contribution in [-0.2, 0) is 0 Å². The van der Waals surface area contributed by atoms with Crippen molar-refractivity contribution >= 4 is 54.5 Å². The van der Waals surface area contributed by atoms with E-state index in [1.807, 2.05) is 6.07 Å². The first-order chi connectivity index (χ1) is 16.8. The lowest BCUT2D eigenvalue weighted by Gasteiger charge is -2.34. The molecular weight excluding hydrogens is 480 g/mol. The first-order valence-electron chi connectivity index (χ1n) is 11.4. The van der Waals surface area contributed by atoms with Crippen molar-refractivity contribution in [3.05, 3.63) is 120 Å². The standard InChI is InChI=1S/C31H19BrN2/c32-24-15-6-11-21-12-7-17-27(29(21)24)34-26-16-5-4-14-23(26)31-30-22(13-8-18-28(30)34)19-25(33-31)20-9-2-1-3-10-20/h1-19H. The average Bonchev–Trinajstić information content (AvgIpc) is 2.89. The molecule has 0 amide bonds. The molecule has 0 fully saturated rings. The minimum atomic E-state index is 0.997. The Morgan fingerprint density at radius 1 is 0.559 bits per heavy atom. The fraction of sp³-hybridized carbons (Fsp3) is 0. The lowest BCUT2D eigenvalue weighted by molar-refractivity contribution is 1.26. The van der Waals surface area contributed by atoms with Gasteiger partial charge in [0, 0.05) is 26.4 Å². The van der Waals surface area contributed by atoms with Crippen molar-refractivity contribution < 1.29 is 0 Å². The lowest BCUT2D eigenvalue weighted by atomic mass is 9.93. The molecule has 0 spiro atoms. The van der Waals surface area contributed by atoms with Crippen molar-refractivity contribution in [3.63, 3.8) is 0 Å². The second-order valence-corrected chi connectivity index (χ2v) is 9.42. The second-order valence-electron chi connectivity index (χ2n) is 8.57. The third kappa shape index (κ3) is 2.84. The summed E-state index contributed by atoms with van der Waals surface area (Å²) in [5, 5.41) is 4.79. The Hall–Kier alpha value is -3.95. The van der Waals surface area contributed by atoms with E-state index in [0.29, 0.717) is 0 Å². The number of fused-ring (bicyclic) bond motifs is 3. The fourth-order valence-corrected chi connectivity index (χ4v) is 5.74. The Morgan fingerprint density at radius 2 is 1.21 bits per heavy atom. The molecule has 0 radical (unpaired) electrons. The van der Waals surface area contributed by atoms with Gasteiger partial charge in [-0.3, -0.25) is 0 Å². The number of aromatic nitrogens is 1. The highest BCUT2D eigenvalue weighted by Crippen LogP contribution is 2.52. The Balaban J connectivity index is 1.59. The minimum Gasteiger partial charge on any atom is -0.308 e. The van der Waals surface area contributed by atoms with E-state index < -0.39 is 0 Å². The van der Waals surface area contributed by atoms with Crippen LogP contribution in [0.3, 0.4) is 0 Å². The Bertz CT molecular complexity index is 1720. The highest BCUT2D eigenvalue weighted by molar-refractivity contribution is 9.10. The normalized spacial score (nSPS) is 12.2. The number of hydrogen-bond acceptors (Lipinski definition) is 2. The molecule has 3 heteroatoms. The average molecular weight is 499 g/mol. The minimum absolute atomic E-state index is 0.997. The van der Waals surface area contributed by atoms with Gasteiger partial charge in [0.1, 0.15) is 0 Å². The van der Waals surface area contributed by atoms with Gasteiger partial charge in [-0.2, -0.15) is 0 Å². The van der Waals surface area contributed by atoms with Crippen LogP contribution in [0.25, 0.3) is 44.1 Å². The van der Waals surface area contributed by atoms with Crippen LogP contribution in [-0.4, -0.2) is 4.98 Å². The van der Waals surface area contributed by atoms with E-state index in [-0.39, 0.29) is 0 Å². The molecule has 7 rings (SSSR count). The summed E-state index contributed by atoms with van der Waals surface area (Å²) in [6.07, 6.45) is 0. The number of pyridine rings is 1. The molecule has 34 heavy (non-hydrogen) atoms. The molecule has 0 saturated heterocycles. The molecule has 0 bridgehead atoms. The summed E-state index contributed by atoms with van der Waals surface area (Å²) in [5.74, 6) is 0. The van der Waals surface area contributed by atoms with Crippen molar-refractivity contribution in [2.75, 3.05) is 4.90 Å². The molecule has 1 aromatic heterocycles. The molecule has 0 N–H and O–H groups in total. The van der Waals surface area contributed by atoms with E-state index in [2.05, 4.69) is 130 Å². The predicted octanol–water partition coefficient (Wildman–Crippen LogP) is 9.27. The van der Waals surface area contributed by atoms with Crippen LogP contribution >= 0.6 is 15.9 Å². The van der Waals surface area contributed by atoms with Crippen LogP contribution in [0.5, 0.6) is 0 Å². The third-order valence-electron chi connectivity index (χ3n) is 6.62. The van der Waals surface area contributed by atoms with Gasteiger partial charge in [0.15, 0.2) is 0 Å². The molecule has 1 aliphatic heterocycles. The first-order valence-corrected chi connectivity index (χ1v) is 12.1. The van der Waals surface area contributed by atoms with E-state index in [1.54, 1.807) is 0 Å². The molecule has 0 unspecified atom stereocenters. The highest BCUT2D eigenvalue weighted by atomic mass is 79.9. The molecule has 0 aliphatic carbocycles. The monoisotopic (exact) mass is 498 g/mol. The smallest absolute Gasteiger partial charge is 0.0830 e. The number of halogens is 1. The van der Waals surface area contributed by atoms with Crippen molar-refractivity contribution in [3.8, 4) is 22.5 Å². The molecular formula is C31H19BrN2. The van der Waals surface area contributed by atoms with Gasteiger partial charge in [-0.25, -0.2) is 4.98 Å². The van der Waals surface area contributed by atoms with Gasteiger partial charge in [0.2, 0.25) is 0 Å². The van der Waals surface area contributed by atoms with Gasteiger partial charge in [-0.1, -0.05) is 101 Å². The third-order valence-corrected chi connectivity index (χ3v) is 7.28. The van der Waals surface area contributed by atoms with Gasteiger partial charge in [0.25, 0.3) is 0 Å². The van der Waals surface area contributed by atoms with Crippen LogP contribution in [0.1, 0.15) is 0 Å². The summed E-state index contributed by atoms with van der Waals surface area (Å²) in [4.78, 5) is 7.61. The summed E-state index contributed by atoms with van der Waals surface area (Å²) < 4.78 is 1.09. The van der Waals surface area contributed by atoms with Crippen molar-refractivity contribution in [2.45, 2.75) is 0 Å². The van der Waals surface area contributed by atoms with Crippen molar-refractivity contribution in [1.29, 1.82) is 0 Å². The SMILES string of the molecule is Brc1cccc2cccc(N3c4ccccc4-c4nc(-c5ccccc5)cc5cccc3c45)c12. The van der Waals surface area contributed by atoms with E-state index in [4.69, 9.17) is 4.98 Å². The van der Waals surface area contributed by atoms with Crippen LogP contribution < -0.4 is 4.90 Å². The lowest BCUT2D eigenvalue weighted by Crippen LogP contribution is -2.16. The van der Waals surface area contributed by atoms with Gasteiger partial charge in [0.05, 0.1) is 28.5 Å². The van der Waals surface area contributed by atoms with Gasteiger partial charge in [-0.05, 0) is 41.1 Å². The number of rotatable bonds is 2. The number of nitrogens with zero attached hydrogens (tertiary/aromatic N) is 2. The van der Waals surface area contributed by atoms with Crippen LogP contribution in [0, 0.1) is 0 Å². The van der Waals surface area contributed by atoms with Crippen LogP contribution in [0.2, 0.25) is 0 Å². The summed E-state index contributed by atoms with van der Waals surface area (Å²) in [5.41, 5.74) is 7.76. The number of para-hydroxylation sites is 1. The molecule has 0 saturated carbocycles. The van der Waals surface area contributed by atoms with Crippen LogP contribution in [0.15, 0.2) is 120 Å². The quantitative estimate of drug-likeness (QED) is 0.236. The number of hydrogen-bond donors (Lipinski definition) is 0. The Labute approximate surface area is 206 Å². The molecule has 6 aromatic rings. The Kier molecular flexibility index (Phi) is 4.33. The Morgan fingerprint density at radius 3 is 2.03 bits per heavy atom. The number of anilines is 3. The zero-order valence-electron chi connectivity index (χ0n) is 18.2. The molecule has 1 aliphatic rings. The van der Waals surface area contributed by atoms with E-state index in [0.717, 1.165) is 44.0 Å². The maximum absolute atomic E-state index is 5.22.